The van der Waals surface area contributed by atoms with E-state index < -0.39 is 0 Å². The van der Waals surface area contributed by atoms with Gasteiger partial charge in [-0.1, -0.05) is 0 Å². The van der Waals surface area contributed by atoms with Crippen LogP contribution in [0.15, 0.2) is 0 Å². The summed E-state index contributed by atoms with van der Waals surface area (Å²) in [6.45, 7) is 0.342. The molecule has 0 bridgehead atoms. The molecule has 0 aromatic heterocycles. The molecule has 0 unspecified atom stereocenters. The third-order valence-corrected chi connectivity index (χ3v) is 2.85. The molecule has 0 spiro atoms. The minimum atomic E-state index is 0.342. The zero-order valence-corrected chi connectivity index (χ0v) is 7.63. The van der Waals surface area contributed by atoms with Gasteiger partial charge in [0.1, 0.15) is 0 Å². The van der Waals surface area contributed by atoms with Crippen molar-refractivity contribution in [2.75, 3.05) is 6.61 Å². The van der Waals surface area contributed by atoms with E-state index in [2.05, 4.69) is 5.43 Å². The lowest BCUT2D eigenvalue weighted by Gasteiger charge is -2.27. The second kappa shape index (κ2) is 5.51. The smallest absolute Gasteiger partial charge is 0.0431 e. The molecule has 72 valence electrons. The fourth-order valence-electron chi connectivity index (χ4n) is 2.00. The summed E-state index contributed by atoms with van der Waals surface area (Å²) in [6.07, 6.45) is 7.10. The van der Waals surface area contributed by atoms with Gasteiger partial charge >= 0.3 is 0 Å². The highest BCUT2D eigenvalue weighted by molar-refractivity contribution is 4.75. The lowest BCUT2D eigenvalue weighted by molar-refractivity contribution is 0.238. The number of nitrogens with one attached hydrogen (secondary N) is 1. The summed E-state index contributed by atoms with van der Waals surface area (Å²) in [5.74, 6) is 6.19. The fraction of sp³-hybridized carbons (Fsp3) is 1.00. The third kappa shape index (κ3) is 3.09. The molecule has 3 nitrogen and oxygen atoms in total. The van der Waals surface area contributed by atoms with E-state index in [-0.39, 0.29) is 0 Å². The summed E-state index contributed by atoms with van der Waals surface area (Å²) in [5, 5.41) is 8.66. The van der Waals surface area contributed by atoms with E-state index >= 15 is 0 Å². The van der Waals surface area contributed by atoms with Crippen LogP contribution in [0, 0.1) is 5.92 Å². The molecule has 0 aromatic rings. The van der Waals surface area contributed by atoms with Crippen LogP contribution in [0.5, 0.6) is 0 Å². The van der Waals surface area contributed by atoms with Crippen molar-refractivity contribution in [1.82, 2.24) is 5.43 Å². The van der Waals surface area contributed by atoms with Crippen molar-refractivity contribution in [2.45, 2.75) is 44.6 Å². The topological polar surface area (TPSA) is 58.3 Å². The van der Waals surface area contributed by atoms with Gasteiger partial charge in [0.15, 0.2) is 0 Å². The minimum Gasteiger partial charge on any atom is -0.396 e. The van der Waals surface area contributed by atoms with Crippen molar-refractivity contribution in [3.63, 3.8) is 0 Å². The Bertz CT molecular complexity index is 111. The molecule has 4 N–H and O–H groups in total. The van der Waals surface area contributed by atoms with Gasteiger partial charge in [-0.15, -0.1) is 0 Å². The Kier molecular flexibility index (Phi) is 4.58. The van der Waals surface area contributed by atoms with Crippen LogP contribution >= 0.6 is 0 Å². The van der Waals surface area contributed by atoms with E-state index in [0.29, 0.717) is 12.6 Å². The Labute approximate surface area is 74.3 Å². The Morgan fingerprint density at radius 3 is 2.42 bits per heavy atom. The maximum atomic E-state index is 8.66. The molecule has 1 aliphatic rings. The second-order valence-electron chi connectivity index (χ2n) is 3.75. The number of aliphatic hydroxyl groups is 1. The Morgan fingerprint density at radius 1 is 1.25 bits per heavy atom. The summed E-state index contributed by atoms with van der Waals surface area (Å²) in [7, 11) is 0. The molecule has 0 aliphatic heterocycles. The molecular formula is C9H20N2O. The molecule has 1 saturated carbocycles. The van der Waals surface area contributed by atoms with E-state index in [1.54, 1.807) is 0 Å². The summed E-state index contributed by atoms with van der Waals surface area (Å²) in [4.78, 5) is 0. The van der Waals surface area contributed by atoms with Gasteiger partial charge in [-0.3, -0.25) is 11.3 Å². The van der Waals surface area contributed by atoms with Gasteiger partial charge in [0.05, 0.1) is 0 Å². The molecule has 0 aromatic carbocycles. The molecule has 3 heteroatoms. The molecular weight excluding hydrogens is 152 g/mol. The third-order valence-electron chi connectivity index (χ3n) is 2.85. The summed E-state index contributed by atoms with van der Waals surface area (Å²) < 4.78 is 0. The molecule has 0 saturated heterocycles. The first-order valence-corrected chi connectivity index (χ1v) is 4.93. The molecule has 0 radical (unpaired) electrons. The van der Waals surface area contributed by atoms with Crippen LogP contribution in [0.4, 0.5) is 0 Å². The van der Waals surface area contributed by atoms with Crippen LogP contribution in [-0.4, -0.2) is 17.8 Å². The standard InChI is InChI=1S/C9H20N2O/c10-11-9-5-3-8(4-6-9)2-1-7-12/h8-9,11-12H,1-7,10H2. The predicted molar refractivity (Wildman–Crippen MR) is 49.4 cm³/mol. The van der Waals surface area contributed by atoms with Crippen LogP contribution in [0.2, 0.25) is 0 Å². The van der Waals surface area contributed by atoms with Crippen LogP contribution < -0.4 is 11.3 Å². The van der Waals surface area contributed by atoms with E-state index in [1.807, 2.05) is 0 Å². The molecule has 1 fully saturated rings. The Morgan fingerprint density at radius 2 is 1.92 bits per heavy atom. The largest absolute Gasteiger partial charge is 0.396 e. The zero-order valence-electron chi connectivity index (χ0n) is 7.63. The number of hydrazine groups is 1. The first-order chi connectivity index (χ1) is 5.86. The van der Waals surface area contributed by atoms with Crippen molar-refractivity contribution in [3.8, 4) is 0 Å². The minimum absolute atomic E-state index is 0.342. The maximum absolute atomic E-state index is 8.66. The average molecular weight is 172 g/mol. The normalized spacial score (nSPS) is 30.5. The first kappa shape index (κ1) is 9.96. The van der Waals surface area contributed by atoms with Crippen LogP contribution in [0.25, 0.3) is 0 Å². The molecule has 12 heavy (non-hydrogen) atoms. The highest BCUT2D eigenvalue weighted by Crippen LogP contribution is 2.27. The molecule has 0 amide bonds. The number of aliphatic hydroxyl groups excluding tert-OH is 1. The fourth-order valence-corrected chi connectivity index (χ4v) is 2.00. The summed E-state index contributed by atoms with van der Waals surface area (Å²) in [6, 6.07) is 0.537. The van der Waals surface area contributed by atoms with Gasteiger partial charge in [-0.2, -0.15) is 0 Å². The van der Waals surface area contributed by atoms with Gasteiger partial charge in [-0.25, -0.2) is 0 Å². The summed E-state index contributed by atoms with van der Waals surface area (Å²) in [5.41, 5.74) is 2.83. The molecule has 1 rings (SSSR count). The van der Waals surface area contributed by atoms with E-state index in [0.717, 1.165) is 12.3 Å². The molecule has 0 heterocycles. The highest BCUT2D eigenvalue weighted by atomic mass is 16.2. The highest BCUT2D eigenvalue weighted by Gasteiger charge is 2.19. The van der Waals surface area contributed by atoms with Gasteiger partial charge < -0.3 is 5.11 Å². The van der Waals surface area contributed by atoms with Crippen LogP contribution in [0.3, 0.4) is 0 Å². The second-order valence-corrected chi connectivity index (χ2v) is 3.75. The van der Waals surface area contributed by atoms with E-state index in [9.17, 15) is 0 Å². The van der Waals surface area contributed by atoms with Crippen molar-refractivity contribution >= 4 is 0 Å². The van der Waals surface area contributed by atoms with Crippen LogP contribution in [-0.2, 0) is 0 Å². The molecule has 0 atom stereocenters. The Hall–Kier alpha value is -0.120. The van der Waals surface area contributed by atoms with Gasteiger partial charge in [0, 0.05) is 12.6 Å². The first-order valence-electron chi connectivity index (χ1n) is 4.93. The van der Waals surface area contributed by atoms with Crippen LogP contribution in [0.1, 0.15) is 38.5 Å². The van der Waals surface area contributed by atoms with Crippen molar-refractivity contribution in [1.29, 1.82) is 0 Å². The lowest BCUT2D eigenvalue weighted by Crippen LogP contribution is -2.37. The van der Waals surface area contributed by atoms with E-state index in [4.69, 9.17) is 10.9 Å². The van der Waals surface area contributed by atoms with Crippen molar-refractivity contribution in [3.05, 3.63) is 0 Å². The quantitative estimate of drug-likeness (QED) is 0.434. The molecule has 1 aliphatic carbocycles. The monoisotopic (exact) mass is 172 g/mol. The van der Waals surface area contributed by atoms with Gasteiger partial charge in [-0.05, 0) is 44.4 Å². The number of nitrogens with two attached hydrogens (primary N) is 1. The predicted octanol–water partition coefficient (Wildman–Crippen LogP) is 0.781. The summed E-state index contributed by atoms with van der Waals surface area (Å²) >= 11 is 0. The Balaban J connectivity index is 2.09. The lowest BCUT2D eigenvalue weighted by atomic mass is 9.84. The zero-order chi connectivity index (χ0) is 8.81. The van der Waals surface area contributed by atoms with Crippen molar-refractivity contribution in [2.24, 2.45) is 11.8 Å². The van der Waals surface area contributed by atoms with Gasteiger partial charge in [0.2, 0.25) is 0 Å². The average Bonchev–Trinajstić information content (AvgIpc) is 2.15. The maximum Gasteiger partial charge on any atom is 0.0431 e. The number of hydrogen-bond acceptors (Lipinski definition) is 3. The van der Waals surface area contributed by atoms with E-state index in [1.165, 1.54) is 32.1 Å². The number of rotatable bonds is 4. The SMILES string of the molecule is NNC1CCC(CCCO)CC1. The van der Waals surface area contributed by atoms with Crippen molar-refractivity contribution < 1.29 is 5.11 Å². The number of hydrogen-bond donors (Lipinski definition) is 3. The van der Waals surface area contributed by atoms with Gasteiger partial charge in [0.25, 0.3) is 0 Å².